The van der Waals surface area contributed by atoms with Crippen LogP contribution in [0, 0.1) is 0 Å². The number of nitrogens with one attached hydrogen (secondary N) is 1. The molecule has 1 amide bonds. The lowest BCUT2D eigenvalue weighted by Crippen LogP contribution is -2.28. The first-order chi connectivity index (χ1) is 6.63. The average molecular weight is 297 g/mol. The third-order valence-corrected chi connectivity index (χ3v) is 3.81. The zero-order valence-corrected chi connectivity index (χ0v) is 10.9. The van der Waals surface area contributed by atoms with Crippen molar-refractivity contribution in [3.63, 3.8) is 0 Å². The largest absolute Gasteiger partial charge is 0.350 e. The predicted octanol–water partition coefficient (Wildman–Crippen LogP) is 3.26. The molecule has 1 unspecified atom stereocenters. The highest BCUT2D eigenvalue weighted by Gasteiger charge is 2.09. The molecular weight excluding hydrogens is 286 g/mol. The van der Waals surface area contributed by atoms with Crippen LogP contribution in [0.4, 0.5) is 0 Å². The predicted molar refractivity (Wildman–Crippen MR) is 64.3 cm³/mol. The summed E-state index contributed by atoms with van der Waals surface area (Å²) in [4.78, 5) is 12.2. The van der Waals surface area contributed by atoms with Gasteiger partial charge in [0.1, 0.15) is 0 Å². The highest BCUT2D eigenvalue weighted by molar-refractivity contribution is 9.11. The number of alkyl halides is 1. The molecule has 1 atom stereocenters. The second-order valence-corrected chi connectivity index (χ2v) is 5.90. The van der Waals surface area contributed by atoms with E-state index in [-0.39, 0.29) is 11.3 Å². The Balaban J connectivity index is 2.43. The van der Waals surface area contributed by atoms with Crippen molar-refractivity contribution in [2.45, 2.75) is 18.7 Å². The van der Waals surface area contributed by atoms with E-state index in [1.165, 1.54) is 11.3 Å². The molecule has 1 rings (SSSR count). The van der Waals surface area contributed by atoms with Gasteiger partial charge in [0, 0.05) is 6.54 Å². The molecule has 0 saturated carbocycles. The molecule has 0 radical (unpaired) electrons. The molecule has 78 valence electrons. The first kappa shape index (κ1) is 12.0. The number of hydrogen-bond donors (Lipinski definition) is 1. The maximum atomic E-state index is 11.5. The van der Waals surface area contributed by atoms with Gasteiger partial charge < -0.3 is 5.32 Å². The van der Waals surface area contributed by atoms with E-state index >= 15 is 0 Å². The van der Waals surface area contributed by atoms with E-state index in [0.717, 1.165) is 10.2 Å². The maximum Gasteiger partial charge on any atom is 0.261 e. The van der Waals surface area contributed by atoms with Gasteiger partial charge in [-0.1, -0.05) is 6.92 Å². The van der Waals surface area contributed by atoms with Crippen LogP contribution in [0.1, 0.15) is 23.0 Å². The zero-order valence-electron chi connectivity index (χ0n) is 7.72. The molecule has 2 nitrogen and oxygen atoms in total. The van der Waals surface area contributed by atoms with Gasteiger partial charge in [-0.05, 0) is 34.5 Å². The Bertz CT molecular complexity index is 316. The van der Waals surface area contributed by atoms with Crippen molar-refractivity contribution in [3.8, 4) is 0 Å². The lowest BCUT2D eigenvalue weighted by molar-refractivity contribution is 0.0957. The number of hydrogen-bond acceptors (Lipinski definition) is 2. The van der Waals surface area contributed by atoms with Crippen LogP contribution in [0.15, 0.2) is 15.9 Å². The van der Waals surface area contributed by atoms with Crippen LogP contribution in [0.25, 0.3) is 0 Å². The molecule has 1 heterocycles. The zero-order chi connectivity index (χ0) is 10.6. The van der Waals surface area contributed by atoms with E-state index in [4.69, 9.17) is 11.6 Å². The van der Waals surface area contributed by atoms with Gasteiger partial charge in [-0.3, -0.25) is 4.79 Å². The molecule has 0 aliphatic rings. The van der Waals surface area contributed by atoms with E-state index < -0.39 is 0 Å². The highest BCUT2D eigenvalue weighted by Crippen LogP contribution is 2.21. The molecule has 0 aromatic carbocycles. The van der Waals surface area contributed by atoms with E-state index in [1.54, 1.807) is 6.07 Å². The monoisotopic (exact) mass is 295 g/mol. The van der Waals surface area contributed by atoms with Crippen molar-refractivity contribution in [1.29, 1.82) is 0 Å². The van der Waals surface area contributed by atoms with Gasteiger partial charge in [-0.2, -0.15) is 0 Å². The third-order valence-electron chi connectivity index (χ3n) is 1.72. The van der Waals surface area contributed by atoms with Crippen LogP contribution in [0.2, 0.25) is 0 Å². The van der Waals surface area contributed by atoms with Crippen LogP contribution in [-0.4, -0.2) is 17.8 Å². The standard InChI is InChI=1S/C9H11BrClNOS/c1-2-6(11)5-12-9(13)7-3-4-8(10)14-7/h3-4,6H,2,5H2,1H3,(H,12,13). The van der Waals surface area contributed by atoms with Gasteiger partial charge in [0.05, 0.1) is 14.0 Å². The van der Waals surface area contributed by atoms with Crippen LogP contribution < -0.4 is 5.32 Å². The number of carbonyl (C=O) groups excluding carboxylic acids is 1. The van der Waals surface area contributed by atoms with E-state index in [9.17, 15) is 4.79 Å². The number of amides is 1. The van der Waals surface area contributed by atoms with Gasteiger partial charge in [0.2, 0.25) is 0 Å². The van der Waals surface area contributed by atoms with E-state index in [2.05, 4.69) is 21.2 Å². The molecule has 1 N–H and O–H groups in total. The lowest BCUT2D eigenvalue weighted by atomic mass is 10.3. The minimum Gasteiger partial charge on any atom is -0.350 e. The van der Waals surface area contributed by atoms with Gasteiger partial charge in [-0.25, -0.2) is 0 Å². The first-order valence-corrected chi connectivity index (χ1v) is 6.35. The van der Waals surface area contributed by atoms with Crippen molar-refractivity contribution >= 4 is 44.8 Å². The molecule has 0 spiro atoms. The topological polar surface area (TPSA) is 29.1 Å². The normalized spacial score (nSPS) is 12.5. The van der Waals surface area contributed by atoms with Gasteiger partial charge in [0.15, 0.2) is 0 Å². The van der Waals surface area contributed by atoms with Crippen LogP contribution in [0.5, 0.6) is 0 Å². The summed E-state index contributed by atoms with van der Waals surface area (Å²) in [6, 6.07) is 3.65. The summed E-state index contributed by atoms with van der Waals surface area (Å²) in [7, 11) is 0. The molecule has 1 aromatic rings. The van der Waals surface area contributed by atoms with Crippen molar-refractivity contribution in [3.05, 3.63) is 20.8 Å². The van der Waals surface area contributed by atoms with Crippen molar-refractivity contribution in [1.82, 2.24) is 5.32 Å². The summed E-state index contributed by atoms with van der Waals surface area (Å²) >= 11 is 10.6. The number of rotatable bonds is 4. The average Bonchev–Trinajstić information content (AvgIpc) is 2.60. The Hall–Kier alpha value is -0.0600. The maximum absolute atomic E-state index is 11.5. The fourth-order valence-electron chi connectivity index (χ4n) is 0.871. The third kappa shape index (κ3) is 3.59. The van der Waals surface area contributed by atoms with Crippen LogP contribution in [0.3, 0.4) is 0 Å². The Morgan fingerprint density at radius 1 is 1.71 bits per heavy atom. The Morgan fingerprint density at radius 3 is 2.93 bits per heavy atom. The van der Waals surface area contributed by atoms with Gasteiger partial charge in [0.25, 0.3) is 5.91 Å². The van der Waals surface area contributed by atoms with Gasteiger partial charge in [-0.15, -0.1) is 22.9 Å². The second-order valence-electron chi connectivity index (χ2n) is 2.82. The van der Waals surface area contributed by atoms with E-state index in [1.807, 2.05) is 13.0 Å². The van der Waals surface area contributed by atoms with Crippen LogP contribution >= 0.6 is 38.9 Å². The van der Waals surface area contributed by atoms with Crippen molar-refractivity contribution in [2.24, 2.45) is 0 Å². The second kappa shape index (κ2) is 5.73. The molecular formula is C9H11BrClNOS. The number of halogens is 2. The molecule has 0 aliphatic carbocycles. The molecule has 0 saturated heterocycles. The number of carbonyl (C=O) groups is 1. The highest BCUT2D eigenvalue weighted by atomic mass is 79.9. The summed E-state index contributed by atoms with van der Waals surface area (Å²) in [6.07, 6.45) is 0.857. The van der Waals surface area contributed by atoms with Crippen molar-refractivity contribution < 1.29 is 4.79 Å². The summed E-state index contributed by atoms with van der Waals surface area (Å²) < 4.78 is 0.959. The molecule has 1 aromatic heterocycles. The smallest absolute Gasteiger partial charge is 0.261 e. The first-order valence-electron chi connectivity index (χ1n) is 4.31. The van der Waals surface area contributed by atoms with Gasteiger partial charge >= 0.3 is 0 Å². The molecule has 5 heteroatoms. The summed E-state index contributed by atoms with van der Waals surface area (Å²) in [5, 5.41) is 2.80. The fraction of sp³-hybridized carbons (Fsp3) is 0.444. The summed E-state index contributed by atoms with van der Waals surface area (Å²) in [5.74, 6) is -0.0557. The van der Waals surface area contributed by atoms with E-state index in [0.29, 0.717) is 11.4 Å². The van der Waals surface area contributed by atoms with Crippen molar-refractivity contribution in [2.75, 3.05) is 6.54 Å². The lowest BCUT2D eigenvalue weighted by Gasteiger charge is -2.06. The molecule has 0 aliphatic heterocycles. The molecule has 0 bridgehead atoms. The Labute approximate surface area is 101 Å². The minimum atomic E-state index is -0.0557. The Kier molecular flexibility index (Phi) is 4.92. The quantitative estimate of drug-likeness (QED) is 0.849. The SMILES string of the molecule is CCC(Cl)CNC(=O)c1ccc(Br)s1. The molecule has 14 heavy (non-hydrogen) atoms. The van der Waals surface area contributed by atoms with Crippen LogP contribution in [-0.2, 0) is 0 Å². The fourth-order valence-corrected chi connectivity index (χ4v) is 2.25. The summed E-state index contributed by atoms with van der Waals surface area (Å²) in [6.45, 7) is 2.51. The Morgan fingerprint density at radius 2 is 2.43 bits per heavy atom. The summed E-state index contributed by atoms with van der Waals surface area (Å²) in [5.41, 5.74) is 0. The number of thiophene rings is 1. The minimum absolute atomic E-state index is 0.0161. The molecule has 0 fully saturated rings.